The number of carbonyl (C=O) groups excluding carboxylic acids is 1. The smallest absolute Gasteiger partial charge is 0.246 e. The predicted molar refractivity (Wildman–Crippen MR) is 94.7 cm³/mol. The number of hydrogen-bond donors (Lipinski definition) is 0. The molecular formula is C19H25N5O. The SMILES string of the molecule is Cc1ccccc1-c1nnn(CC(=O)N2CCC[C@@H]3CCCC[C@@H]32)n1. The highest BCUT2D eigenvalue weighted by molar-refractivity contribution is 5.76. The van der Waals surface area contributed by atoms with Crippen LogP contribution in [0.4, 0.5) is 0 Å². The van der Waals surface area contributed by atoms with Crippen LogP contribution >= 0.6 is 0 Å². The minimum Gasteiger partial charge on any atom is -0.338 e. The molecule has 6 heteroatoms. The van der Waals surface area contributed by atoms with E-state index in [4.69, 9.17) is 0 Å². The summed E-state index contributed by atoms with van der Waals surface area (Å²) >= 11 is 0. The zero-order chi connectivity index (χ0) is 17.2. The molecule has 0 radical (unpaired) electrons. The highest BCUT2D eigenvalue weighted by Gasteiger charge is 2.35. The van der Waals surface area contributed by atoms with E-state index in [2.05, 4.69) is 20.3 Å². The first-order valence-electron chi connectivity index (χ1n) is 9.35. The van der Waals surface area contributed by atoms with Crippen LogP contribution < -0.4 is 0 Å². The molecule has 0 N–H and O–H groups in total. The number of fused-ring (bicyclic) bond motifs is 1. The van der Waals surface area contributed by atoms with E-state index < -0.39 is 0 Å². The summed E-state index contributed by atoms with van der Waals surface area (Å²) in [5.74, 6) is 1.41. The molecule has 4 rings (SSSR count). The lowest BCUT2D eigenvalue weighted by atomic mass is 9.78. The maximum atomic E-state index is 12.8. The van der Waals surface area contributed by atoms with E-state index in [0.717, 1.165) is 30.5 Å². The lowest BCUT2D eigenvalue weighted by molar-refractivity contribution is -0.138. The second-order valence-electron chi connectivity index (χ2n) is 7.30. The molecule has 0 bridgehead atoms. The fraction of sp³-hybridized carbons (Fsp3) is 0.579. The largest absolute Gasteiger partial charge is 0.338 e. The van der Waals surface area contributed by atoms with Crippen LogP contribution in [0, 0.1) is 12.8 Å². The quantitative estimate of drug-likeness (QED) is 0.862. The molecule has 6 nitrogen and oxygen atoms in total. The fourth-order valence-corrected chi connectivity index (χ4v) is 4.39. The zero-order valence-corrected chi connectivity index (χ0v) is 14.8. The van der Waals surface area contributed by atoms with Gasteiger partial charge in [-0.25, -0.2) is 0 Å². The molecule has 1 amide bonds. The van der Waals surface area contributed by atoms with Crippen molar-refractivity contribution in [1.29, 1.82) is 0 Å². The van der Waals surface area contributed by atoms with Crippen molar-refractivity contribution >= 4 is 5.91 Å². The van der Waals surface area contributed by atoms with E-state index in [0.29, 0.717) is 17.8 Å². The van der Waals surface area contributed by atoms with Crippen molar-refractivity contribution in [2.45, 2.75) is 58.0 Å². The maximum Gasteiger partial charge on any atom is 0.246 e. The summed E-state index contributed by atoms with van der Waals surface area (Å²) in [6.07, 6.45) is 7.36. The number of likely N-dealkylation sites (tertiary alicyclic amines) is 1. The fourth-order valence-electron chi connectivity index (χ4n) is 4.39. The zero-order valence-electron chi connectivity index (χ0n) is 14.8. The number of tetrazole rings is 1. The lowest BCUT2D eigenvalue weighted by Crippen LogP contribution is -2.50. The first-order chi connectivity index (χ1) is 12.2. The summed E-state index contributed by atoms with van der Waals surface area (Å²) in [5.41, 5.74) is 2.07. The number of hydrogen-bond acceptors (Lipinski definition) is 4. The van der Waals surface area contributed by atoms with Crippen molar-refractivity contribution in [2.75, 3.05) is 6.54 Å². The summed E-state index contributed by atoms with van der Waals surface area (Å²) in [6.45, 7) is 3.08. The van der Waals surface area contributed by atoms with E-state index >= 15 is 0 Å². The van der Waals surface area contributed by atoms with Crippen molar-refractivity contribution in [3.05, 3.63) is 29.8 Å². The minimum atomic E-state index is 0.130. The van der Waals surface area contributed by atoms with Crippen molar-refractivity contribution in [2.24, 2.45) is 5.92 Å². The first kappa shape index (κ1) is 16.2. The number of amides is 1. The third-order valence-electron chi connectivity index (χ3n) is 5.68. The number of benzene rings is 1. The topological polar surface area (TPSA) is 63.9 Å². The normalized spacial score (nSPS) is 23.3. The van der Waals surface area contributed by atoms with E-state index in [-0.39, 0.29) is 12.5 Å². The molecule has 0 unspecified atom stereocenters. The van der Waals surface area contributed by atoms with Gasteiger partial charge in [0.15, 0.2) is 0 Å². The van der Waals surface area contributed by atoms with Gasteiger partial charge in [-0.15, -0.1) is 10.2 Å². The lowest BCUT2D eigenvalue weighted by Gasteiger charge is -2.44. The van der Waals surface area contributed by atoms with Crippen LogP contribution in [0.3, 0.4) is 0 Å². The molecule has 2 atom stereocenters. The third-order valence-corrected chi connectivity index (χ3v) is 5.68. The van der Waals surface area contributed by atoms with E-state index in [1.54, 1.807) is 0 Å². The molecule has 132 valence electrons. The van der Waals surface area contributed by atoms with Gasteiger partial charge in [-0.2, -0.15) is 4.80 Å². The van der Waals surface area contributed by atoms with Crippen LogP contribution in [0.15, 0.2) is 24.3 Å². The van der Waals surface area contributed by atoms with Gasteiger partial charge in [-0.3, -0.25) is 4.79 Å². The Morgan fingerprint density at radius 2 is 1.96 bits per heavy atom. The number of carbonyl (C=O) groups is 1. The molecule has 2 fully saturated rings. The Kier molecular flexibility index (Phi) is 4.51. The van der Waals surface area contributed by atoms with Gasteiger partial charge in [-0.1, -0.05) is 37.1 Å². The van der Waals surface area contributed by atoms with E-state index in [1.807, 2.05) is 31.2 Å². The van der Waals surface area contributed by atoms with Crippen LogP contribution in [-0.4, -0.2) is 43.6 Å². The molecule has 1 aliphatic heterocycles. The summed E-state index contributed by atoms with van der Waals surface area (Å²) in [7, 11) is 0. The Balaban J connectivity index is 1.47. The molecule has 1 aromatic heterocycles. The average molecular weight is 339 g/mol. The molecular weight excluding hydrogens is 314 g/mol. The monoisotopic (exact) mass is 339 g/mol. The highest BCUT2D eigenvalue weighted by atomic mass is 16.2. The average Bonchev–Trinajstić information content (AvgIpc) is 3.09. The van der Waals surface area contributed by atoms with E-state index in [1.165, 1.54) is 30.5 Å². The van der Waals surface area contributed by atoms with Gasteiger partial charge >= 0.3 is 0 Å². The Morgan fingerprint density at radius 3 is 2.84 bits per heavy atom. The molecule has 1 aliphatic carbocycles. The maximum absolute atomic E-state index is 12.8. The van der Waals surface area contributed by atoms with Gasteiger partial charge in [0.2, 0.25) is 11.7 Å². The molecule has 25 heavy (non-hydrogen) atoms. The number of aromatic nitrogens is 4. The minimum absolute atomic E-state index is 0.130. The molecule has 1 saturated heterocycles. The molecule has 2 heterocycles. The summed E-state index contributed by atoms with van der Waals surface area (Å²) in [5, 5.41) is 12.7. The van der Waals surface area contributed by atoms with Crippen molar-refractivity contribution in [3.63, 3.8) is 0 Å². The highest BCUT2D eigenvalue weighted by Crippen LogP contribution is 2.35. The summed E-state index contributed by atoms with van der Waals surface area (Å²) in [4.78, 5) is 16.4. The standard InChI is InChI=1S/C19H25N5O/c1-14-7-2-4-10-16(14)19-20-22-24(21-19)13-18(25)23-12-6-9-15-8-3-5-11-17(15)23/h2,4,7,10,15,17H,3,5-6,8-9,11-13H2,1H3/t15-,17-/m0/s1. The van der Waals surface area contributed by atoms with Crippen LogP contribution in [-0.2, 0) is 11.3 Å². The Bertz CT molecular complexity index is 754. The second kappa shape index (κ2) is 6.94. The number of nitrogens with zero attached hydrogens (tertiary/aromatic N) is 5. The Hall–Kier alpha value is -2.24. The molecule has 2 aromatic rings. The molecule has 2 aliphatic rings. The van der Waals surface area contributed by atoms with Crippen molar-refractivity contribution in [1.82, 2.24) is 25.1 Å². The second-order valence-corrected chi connectivity index (χ2v) is 7.30. The molecule has 0 spiro atoms. The van der Waals surface area contributed by atoms with Gasteiger partial charge in [-0.05, 0) is 49.3 Å². The predicted octanol–water partition coefficient (Wildman–Crippen LogP) is 2.83. The van der Waals surface area contributed by atoms with Crippen LogP contribution in [0.5, 0.6) is 0 Å². The summed E-state index contributed by atoms with van der Waals surface area (Å²) < 4.78 is 0. The van der Waals surface area contributed by atoms with Crippen molar-refractivity contribution < 1.29 is 4.79 Å². The van der Waals surface area contributed by atoms with Gasteiger partial charge in [0.25, 0.3) is 0 Å². The van der Waals surface area contributed by atoms with Gasteiger partial charge < -0.3 is 4.90 Å². The van der Waals surface area contributed by atoms with Crippen LogP contribution in [0.2, 0.25) is 0 Å². The van der Waals surface area contributed by atoms with Gasteiger partial charge in [0, 0.05) is 18.2 Å². The van der Waals surface area contributed by atoms with Gasteiger partial charge in [0.05, 0.1) is 0 Å². The third kappa shape index (κ3) is 3.30. The van der Waals surface area contributed by atoms with E-state index in [9.17, 15) is 4.79 Å². The summed E-state index contributed by atoms with van der Waals surface area (Å²) in [6, 6.07) is 8.39. The molecule has 1 saturated carbocycles. The van der Waals surface area contributed by atoms with Crippen molar-refractivity contribution in [3.8, 4) is 11.4 Å². The van der Waals surface area contributed by atoms with Crippen LogP contribution in [0.1, 0.15) is 44.1 Å². The number of piperidine rings is 1. The Labute approximate surface area is 148 Å². The van der Waals surface area contributed by atoms with Crippen LogP contribution in [0.25, 0.3) is 11.4 Å². The molecule has 1 aromatic carbocycles. The first-order valence-corrected chi connectivity index (χ1v) is 9.35. The Morgan fingerprint density at radius 1 is 1.16 bits per heavy atom. The van der Waals surface area contributed by atoms with Gasteiger partial charge in [0.1, 0.15) is 6.54 Å². The number of aryl methyl sites for hydroxylation is 1. The number of rotatable bonds is 3.